The molecule has 0 saturated heterocycles. The van der Waals surface area contributed by atoms with E-state index in [1.165, 1.54) is 12.7 Å². The Balaban J connectivity index is 1.55. The Hall–Kier alpha value is -4.45. The van der Waals surface area contributed by atoms with Crippen molar-refractivity contribution in [1.82, 2.24) is 24.8 Å². The van der Waals surface area contributed by atoms with Gasteiger partial charge in [0.1, 0.15) is 24.5 Å². The monoisotopic (exact) mass is 467 g/mol. The highest BCUT2D eigenvalue weighted by atomic mass is 16.5. The molecule has 1 saturated carbocycles. The highest BCUT2D eigenvalue weighted by Crippen LogP contribution is 2.43. The zero-order valence-electron chi connectivity index (χ0n) is 19.5. The predicted molar refractivity (Wildman–Crippen MR) is 132 cm³/mol. The van der Waals surface area contributed by atoms with E-state index >= 15 is 0 Å². The summed E-state index contributed by atoms with van der Waals surface area (Å²) in [5.74, 6) is 0.591. The third kappa shape index (κ3) is 4.51. The standard InChI is InChI=1S/C26H25N7O2/c1-16(2)31-25(34)32-18-8-6-17(7-9-18)24-22(13-27)21-11-10-20(35-26-29-14-28-15-30-26)12-23(21)33(24)19-4-3-5-19/h6-12,14-16,19H,3-5H2,1-2H3,(H2,31,32,34). The highest BCUT2D eigenvalue weighted by Gasteiger charge is 2.28. The molecule has 5 rings (SSSR count). The maximum absolute atomic E-state index is 12.1. The van der Waals surface area contributed by atoms with Gasteiger partial charge in [0, 0.05) is 29.2 Å². The molecule has 2 heterocycles. The molecule has 1 fully saturated rings. The Kier molecular flexibility index (Phi) is 6.02. The number of carbonyl (C=O) groups excluding carboxylic acids is 1. The number of benzene rings is 2. The summed E-state index contributed by atoms with van der Waals surface area (Å²) in [6.45, 7) is 3.82. The van der Waals surface area contributed by atoms with Crippen molar-refractivity contribution >= 4 is 22.6 Å². The summed E-state index contributed by atoms with van der Waals surface area (Å²) in [4.78, 5) is 23.9. The van der Waals surface area contributed by atoms with Gasteiger partial charge in [-0.05, 0) is 62.9 Å². The molecule has 35 heavy (non-hydrogen) atoms. The smallest absolute Gasteiger partial charge is 0.324 e. The quantitative estimate of drug-likeness (QED) is 0.391. The summed E-state index contributed by atoms with van der Waals surface area (Å²) in [6, 6.07) is 16.0. The van der Waals surface area contributed by atoms with Crippen molar-refractivity contribution < 1.29 is 9.53 Å². The lowest BCUT2D eigenvalue weighted by Crippen LogP contribution is -2.34. The summed E-state index contributed by atoms with van der Waals surface area (Å²) in [5.41, 5.74) is 4.04. The van der Waals surface area contributed by atoms with Gasteiger partial charge in [-0.3, -0.25) is 0 Å². The first-order valence-corrected chi connectivity index (χ1v) is 11.6. The topological polar surface area (TPSA) is 118 Å². The molecule has 9 nitrogen and oxygen atoms in total. The number of urea groups is 1. The van der Waals surface area contributed by atoms with E-state index in [0.29, 0.717) is 23.0 Å². The summed E-state index contributed by atoms with van der Waals surface area (Å²) < 4.78 is 8.09. The Morgan fingerprint density at radius 2 is 1.89 bits per heavy atom. The fraction of sp³-hybridized carbons (Fsp3) is 0.269. The number of anilines is 1. The maximum Gasteiger partial charge on any atom is 0.324 e. The van der Waals surface area contributed by atoms with E-state index in [0.717, 1.165) is 41.4 Å². The normalized spacial score (nSPS) is 13.3. The van der Waals surface area contributed by atoms with Gasteiger partial charge >= 0.3 is 12.0 Å². The molecular formula is C26H25N7O2. The van der Waals surface area contributed by atoms with Crippen LogP contribution in [0.4, 0.5) is 10.5 Å². The lowest BCUT2D eigenvalue weighted by atomic mass is 9.92. The molecule has 1 aliphatic carbocycles. The van der Waals surface area contributed by atoms with E-state index in [9.17, 15) is 10.1 Å². The number of hydrogen-bond donors (Lipinski definition) is 2. The van der Waals surface area contributed by atoms with Gasteiger partial charge in [-0.1, -0.05) is 12.1 Å². The van der Waals surface area contributed by atoms with E-state index in [4.69, 9.17) is 4.74 Å². The summed E-state index contributed by atoms with van der Waals surface area (Å²) in [7, 11) is 0. The second-order valence-electron chi connectivity index (χ2n) is 8.82. The van der Waals surface area contributed by atoms with Crippen LogP contribution < -0.4 is 15.4 Å². The second-order valence-corrected chi connectivity index (χ2v) is 8.82. The molecule has 2 amide bonds. The van der Waals surface area contributed by atoms with Gasteiger partial charge in [0.05, 0.1) is 16.8 Å². The van der Waals surface area contributed by atoms with Gasteiger partial charge < -0.3 is 19.9 Å². The number of nitriles is 1. The first-order valence-electron chi connectivity index (χ1n) is 11.6. The van der Waals surface area contributed by atoms with Crippen LogP contribution in [-0.2, 0) is 0 Å². The third-order valence-corrected chi connectivity index (χ3v) is 6.04. The average Bonchev–Trinajstić information content (AvgIpc) is 3.12. The number of hydrogen-bond acceptors (Lipinski definition) is 6. The molecule has 0 radical (unpaired) electrons. The van der Waals surface area contributed by atoms with Gasteiger partial charge in [-0.15, -0.1) is 0 Å². The Labute approximate surface area is 202 Å². The van der Waals surface area contributed by atoms with Crippen molar-refractivity contribution in [3.63, 3.8) is 0 Å². The minimum absolute atomic E-state index is 0.0460. The molecule has 0 aliphatic heterocycles. The summed E-state index contributed by atoms with van der Waals surface area (Å²) >= 11 is 0. The number of fused-ring (bicyclic) bond motifs is 1. The van der Waals surface area contributed by atoms with Gasteiger partial charge in [-0.25, -0.2) is 9.78 Å². The number of nitrogens with one attached hydrogen (secondary N) is 2. The van der Waals surface area contributed by atoms with Crippen LogP contribution in [0.15, 0.2) is 55.1 Å². The molecule has 9 heteroatoms. The van der Waals surface area contributed by atoms with Crippen molar-refractivity contribution in [3.8, 4) is 29.1 Å². The maximum atomic E-state index is 12.1. The van der Waals surface area contributed by atoms with Crippen molar-refractivity contribution in [2.45, 2.75) is 45.2 Å². The van der Waals surface area contributed by atoms with Crippen molar-refractivity contribution in [3.05, 3.63) is 60.7 Å². The minimum atomic E-state index is -0.250. The Morgan fingerprint density at radius 1 is 1.14 bits per heavy atom. The molecule has 1 aliphatic rings. The number of carbonyl (C=O) groups is 1. The van der Waals surface area contributed by atoms with Gasteiger partial charge in [0.2, 0.25) is 0 Å². The van der Waals surface area contributed by atoms with Gasteiger partial charge in [0.15, 0.2) is 0 Å². The molecule has 2 aromatic carbocycles. The second kappa shape index (κ2) is 9.43. The zero-order chi connectivity index (χ0) is 24.4. The van der Waals surface area contributed by atoms with E-state index in [2.05, 4.69) is 36.2 Å². The first kappa shape index (κ1) is 22.3. The van der Waals surface area contributed by atoms with E-state index in [1.807, 2.05) is 56.3 Å². The van der Waals surface area contributed by atoms with Crippen LogP contribution in [0.2, 0.25) is 0 Å². The SMILES string of the molecule is CC(C)NC(=O)Nc1ccc(-c2c(C#N)c3ccc(Oc4ncncn4)cc3n2C2CCC2)cc1. The van der Waals surface area contributed by atoms with Crippen LogP contribution in [0.3, 0.4) is 0 Å². The largest absolute Gasteiger partial charge is 0.424 e. The molecule has 4 aromatic rings. The van der Waals surface area contributed by atoms with Crippen LogP contribution in [0.1, 0.15) is 44.7 Å². The number of nitrogens with zero attached hydrogens (tertiary/aromatic N) is 5. The van der Waals surface area contributed by atoms with Crippen LogP contribution in [0, 0.1) is 11.3 Å². The van der Waals surface area contributed by atoms with Crippen LogP contribution in [-0.4, -0.2) is 31.6 Å². The van der Waals surface area contributed by atoms with E-state index in [1.54, 1.807) is 0 Å². The number of rotatable bonds is 6. The highest BCUT2D eigenvalue weighted by molar-refractivity contribution is 5.96. The lowest BCUT2D eigenvalue weighted by Gasteiger charge is -2.30. The summed E-state index contributed by atoms with van der Waals surface area (Å²) in [5, 5.41) is 16.7. The van der Waals surface area contributed by atoms with Gasteiger partial charge in [-0.2, -0.15) is 15.2 Å². The van der Waals surface area contributed by atoms with Crippen molar-refractivity contribution in [1.29, 1.82) is 5.26 Å². The average molecular weight is 468 g/mol. The van der Waals surface area contributed by atoms with Crippen molar-refractivity contribution in [2.24, 2.45) is 0 Å². The molecule has 0 atom stereocenters. The third-order valence-electron chi connectivity index (χ3n) is 6.04. The number of ether oxygens (including phenoxy) is 1. The lowest BCUT2D eigenvalue weighted by molar-refractivity contribution is 0.250. The minimum Gasteiger partial charge on any atom is -0.424 e. The fourth-order valence-corrected chi connectivity index (χ4v) is 4.30. The van der Waals surface area contributed by atoms with Crippen LogP contribution in [0.5, 0.6) is 11.8 Å². The molecule has 176 valence electrons. The van der Waals surface area contributed by atoms with E-state index in [-0.39, 0.29) is 18.1 Å². The molecular weight excluding hydrogens is 442 g/mol. The molecule has 0 bridgehead atoms. The number of aromatic nitrogens is 4. The van der Waals surface area contributed by atoms with Gasteiger partial charge in [0.25, 0.3) is 0 Å². The Bertz CT molecular complexity index is 1400. The van der Waals surface area contributed by atoms with E-state index < -0.39 is 0 Å². The fourth-order valence-electron chi connectivity index (χ4n) is 4.30. The van der Waals surface area contributed by atoms with Crippen LogP contribution >= 0.6 is 0 Å². The predicted octanol–water partition coefficient (Wildman–Crippen LogP) is 5.41. The van der Waals surface area contributed by atoms with Crippen molar-refractivity contribution in [2.75, 3.05) is 5.32 Å². The molecule has 0 unspecified atom stereocenters. The summed E-state index contributed by atoms with van der Waals surface area (Å²) in [6.07, 6.45) is 6.02. The molecule has 2 aromatic heterocycles. The zero-order valence-corrected chi connectivity index (χ0v) is 19.5. The Morgan fingerprint density at radius 3 is 2.51 bits per heavy atom. The van der Waals surface area contributed by atoms with Crippen LogP contribution in [0.25, 0.3) is 22.2 Å². The number of amides is 2. The first-order chi connectivity index (χ1) is 17.0. The molecule has 0 spiro atoms. The molecule has 2 N–H and O–H groups in total.